The summed E-state index contributed by atoms with van der Waals surface area (Å²) in [7, 11) is 1.32. The maximum atomic E-state index is 12.1. The lowest BCUT2D eigenvalue weighted by Crippen LogP contribution is -2.30. The zero-order valence-corrected chi connectivity index (χ0v) is 14.3. The van der Waals surface area contributed by atoms with Gasteiger partial charge in [0, 0.05) is 10.2 Å². The van der Waals surface area contributed by atoms with E-state index in [1.165, 1.54) is 7.11 Å². The van der Waals surface area contributed by atoms with E-state index in [2.05, 4.69) is 26.0 Å². The molecule has 0 aliphatic carbocycles. The molecule has 23 heavy (non-hydrogen) atoms. The van der Waals surface area contributed by atoms with E-state index in [4.69, 9.17) is 4.74 Å². The topological polar surface area (TPSA) is 64.6 Å². The molecule has 0 bridgehead atoms. The maximum absolute atomic E-state index is 12.1. The largest absolute Gasteiger partial charge is 0.481 e. The highest BCUT2D eigenvalue weighted by atomic mass is 79.9. The van der Waals surface area contributed by atoms with Crippen LogP contribution >= 0.6 is 15.9 Å². The van der Waals surface area contributed by atoms with Crippen molar-refractivity contribution in [3.8, 4) is 5.75 Å². The van der Waals surface area contributed by atoms with Gasteiger partial charge in [-0.25, -0.2) is 4.79 Å². The van der Waals surface area contributed by atoms with Crippen LogP contribution in [-0.2, 0) is 9.53 Å². The average Bonchev–Trinajstić information content (AvgIpc) is 2.56. The molecule has 6 heteroatoms. The monoisotopic (exact) mass is 377 g/mol. The third-order valence-corrected chi connectivity index (χ3v) is 3.60. The molecule has 0 saturated heterocycles. The summed E-state index contributed by atoms with van der Waals surface area (Å²) in [4.78, 5) is 23.5. The molecule has 1 N–H and O–H groups in total. The van der Waals surface area contributed by atoms with Crippen molar-refractivity contribution in [2.75, 3.05) is 12.4 Å². The van der Waals surface area contributed by atoms with E-state index in [0.717, 1.165) is 4.47 Å². The second kappa shape index (κ2) is 7.78. The third-order valence-electron chi connectivity index (χ3n) is 3.07. The van der Waals surface area contributed by atoms with E-state index >= 15 is 0 Å². The zero-order valence-electron chi connectivity index (χ0n) is 12.7. The van der Waals surface area contributed by atoms with E-state index in [-0.39, 0.29) is 5.91 Å². The Morgan fingerprint density at radius 2 is 1.65 bits per heavy atom. The first kappa shape index (κ1) is 17.0. The molecular formula is C17H16BrNO4. The minimum atomic E-state index is -0.656. The Kier molecular flexibility index (Phi) is 5.76. The number of hydrogen-bond acceptors (Lipinski definition) is 4. The van der Waals surface area contributed by atoms with Crippen LogP contribution in [0.3, 0.4) is 0 Å². The van der Waals surface area contributed by atoms with Gasteiger partial charge >= 0.3 is 5.97 Å². The van der Waals surface area contributed by atoms with Gasteiger partial charge in [-0.05, 0) is 55.5 Å². The number of esters is 1. The normalized spacial score (nSPS) is 11.4. The van der Waals surface area contributed by atoms with Crippen molar-refractivity contribution in [2.24, 2.45) is 0 Å². The average molecular weight is 378 g/mol. The highest BCUT2D eigenvalue weighted by Gasteiger charge is 2.15. The van der Waals surface area contributed by atoms with E-state index in [9.17, 15) is 9.59 Å². The fourth-order valence-corrected chi connectivity index (χ4v) is 2.09. The standard InChI is InChI=1S/C17H16BrNO4/c1-11(23-15-9-5-13(18)6-10-15)16(20)19-14-7-3-12(4-8-14)17(21)22-2/h3-11H,1-2H3,(H,19,20)/t11-/m1/s1. The van der Waals surface area contributed by atoms with Crippen molar-refractivity contribution >= 4 is 33.5 Å². The Bertz CT molecular complexity index is 683. The minimum absolute atomic E-state index is 0.279. The molecule has 1 amide bonds. The lowest BCUT2D eigenvalue weighted by atomic mass is 10.2. The summed E-state index contributed by atoms with van der Waals surface area (Å²) in [6.45, 7) is 1.67. The van der Waals surface area contributed by atoms with Gasteiger partial charge < -0.3 is 14.8 Å². The van der Waals surface area contributed by atoms with E-state index in [1.54, 1.807) is 43.3 Å². The molecule has 0 saturated carbocycles. The Labute approximate surface area is 142 Å². The summed E-state index contributed by atoms with van der Waals surface area (Å²) in [5.41, 5.74) is 0.999. The van der Waals surface area contributed by atoms with Gasteiger partial charge in [0.25, 0.3) is 5.91 Å². The van der Waals surface area contributed by atoms with Crippen molar-refractivity contribution in [3.05, 3.63) is 58.6 Å². The number of hydrogen-bond donors (Lipinski definition) is 1. The van der Waals surface area contributed by atoms with Gasteiger partial charge in [0.2, 0.25) is 0 Å². The zero-order chi connectivity index (χ0) is 16.8. The number of nitrogens with one attached hydrogen (secondary N) is 1. The summed E-state index contributed by atoms with van der Waals surface area (Å²) >= 11 is 3.34. The highest BCUT2D eigenvalue weighted by Crippen LogP contribution is 2.18. The van der Waals surface area contributed by atoms with Gasteiger partial charge in [-0.1, -0.05) is 15.9 Å². The molecule has 2 rings (SSSR count). The Morgan fingerprint density at radius 1 is 1.04 bits per heavy atom. The molecule has 0 aliphatic rings. The third kappa shape index (κ3) is 4.82. The Balaban J connectivity index is 1.95. The van der Waals surface area contributed by atoms with Crippen molar-refractivity contribution in [3.63, 3.8) is 0 Å². The molecule has 1 atom stereocenters. The van der Waals surface area contributed by atoms with Gasteiger partial charge in [0.05, 0.1) is 12.7 Å². The molecule has 2 aromatic rings. The predicted octanol–water partition coefficient (Wildman–Crippen LogP) is 3.64. The van der Waals surface area contributed by atoms with Crippen LogP contribution in [0.5, 0.6) is 5.75 Å². The van der Waals surface area contributed by atoms with Crippen molar-refractivity contribution in [1.82, 2.24) is 0 Å². The number of carbonyl (C=O) groups is 2. The van der Waals surface area contributed by atoms with Gasteiger partial charge in [-0.15, -0.1) is 0 Å². The summed E-state index contributed by atoms with van der Waals surface area (Å²) < 4.78 is 11.1. The molecule has 120 valence electrons. The van der Waals surface area contributed by atoms with Gasteiger partial charge in [-0.2, -0.15) is 0 Å². The summed E-state index contributed by atoms with van der Waals surface area (Å²) in [6.07, 6.45) is -0.656. The Hall–Kier alpha value is -2.34. The van der Waals surface area contributed by atoms with Crippen molar-refractivity contribution < 1.29 is 19.1 Å². The Morgan fingerprint density at radius 3 is 2.22 bits per heavy atom. The number of ether oxygens (including phenoxy) is 2. The molecule has 0 aliphatic heterocycles. The molecule has 0 heterocycles. The first-order chi connectivity index (χ1) is 11.0. The predicted molar refractivity (Wildman–Crippen MR) is 90.6 cm³/mol. The van der Waals surface area contributed by atoms with E-state index in [0.29, 0.717) is 17.0 Å². The van der Waals surface area contributed by atoms with Crippen LogP contribution in [0.2, 0.25) is 0 Å². The lowest BCUT2D eigenvalue weighted by molar-refractivity contribution is -0.122. The summed E-state index contributed by atoms with van der Waals surface area (Å²) in [5.74, 6) is -0.0922. The number of amides is 1. The second-order valence-corrected chi connectivity index (χ2v) is 5.69. The van der Waals surface area contributed by atoms with E-state index in [1.807, 2.05) is 12.1 Å². The smallest absolute Gasteiger partial charge is 0.337 e. The maximum Gasteiger partial charge on any atom is 0.337 e. The number of rotatable bonds is 5. The number of benzene rings is 2. The first-order valence-electron chi connectivity index (χ1n) is 6.91. The fraction of sp³-hybridized carbons (Fsp3) is 0.176. The SMILES string of the molecule is COC(=O)c1ccc(NC(=O)[C@@H](C)Oc2ccc(Br)cc2)cc1. The molecule has 0 fully saturated rings. The fourth-order valence-electron chi connectivity index (χ4n) is 1.82. The molecule has 0 unspecified atom stereocenters. The van der Waals surface area contributed by atoms with Gasteiger partial charge in [0.15, 0.2) is 6.10 Å². The van der Waals surface area contributed by atoms with Crippen LogP contribution < -0.4 is 10.1 Å². The number of carbonyl (C=O) groups excluding carboxylic acids is 2. The van der Waals surface area contributed by atoms with Crippen molar-refractivity contribution in [1.29, 1.82) is 0 Å². The van der Waals surface area contributed by atoms with Crippen LogP contribution in [0.15, 0.2) is 53.0 Å². The number of halogens is 1. The molecule has 2 aromatic carbocycles. The van der Waals surface area contributed by atoms with Crippen LogP contribution in [0.25, 0.3) is 0 Å². The van der Waals surface area contributed by atoms with Crippen LogP contribution in [0.4, 0.5) is 5.69 Å². The summed E-state index contributed by atoms with van der Waals surface area (Å²) in [6, 6.07) is 13.7. The quantitative estimate of drug-likeness (QED) is 0.807. The van der Waals surface area contributed by atoms with Gasteiger partial charge in [-0.3, -0.25) is 4.79 Å². The molecule has 0 radical (unpaired) electrons. The van der Waals surface area contributed by atoms with Gasteiger partial charge in [0.1, 0.15) is 5.75 Å². The van der Waals surface area contributed by atoms with Crippen LogP contribution in [0, 0.1) is 0 Å². The molecule has 0 aromatic heterocycles. The first-order valence-corrected chi connectivity index (χ1v) is 7.70. The van der Waals surface area contributed by atoms with Crippen molar-refractivity contribution in [2.45, 2.75) is 13.0 Å². The van der Waals surface area contributed by atoms with E-state index < -0.39 is 12.1 Å². The van der Waals surface area contributed by atoms with Crippen LogP contribution in [0.1, 0.15) is 17.3 Å². The molecular weight excluding hydrogens is 362 g/mol. The molecule has 0 spiro atoms. The minimum Gasteiger partial charge on any atom is -0.481 e. The number of anilines is 1. The van der Waals surface area contributed by atoms with Crippen LogP contribution in [-0.4, -0.2) is 25.1 Å². The lowest BCUT2D eigenvalue weighted by Gasteiger charge is -2.15. The number of methoxy groups -OCH3 is 1. The highest BCUT2D eigenvalue weighted by molar-refractivity contribution is 9.10. The molecule has 5 nitrogen and oxygen atoms in total. The summed E-state index contributed by atoms with van der Waals surface area (Å²) in [5, 5.41) is 2.73. The second-order valence-electron chi connectivity index (χ2n) is 4.77.